The molecule has 1 aromatic carbocycles. The Labute approximate surface area is 128 Å². The van der Waals surface area contributed by atoms with E-state index in [9.17, 15) is 0 Å². The van der Waals surface area contributed by atoms with Gasteiger partial charge in [-0.25, -0.2) is 0 Å². The van der Waals surface area contributed by atoms with Gasteiger partial charge in [-0.15, -0.1) is 0 Å². The van der Waals surface area contributed by atoms with E-state index in [0.29, 0.717) is 19.1 Å². The normalized spacial score (nSPS) is 25.1. The van der Waals surface area contributed by atoms with Crippen LogP contribution in [0.15, 0.2) is 24.3 Å². The fourth-order valence-electron chi connectivity index (χ4n) is 2.96. The molecule has 0 bridgehead atoms. The van der Waals surface area contributed by atoms with Gasteiger partial charge in [0.2, 0.25) is 0 Å². The second-order valence-corrected chi connectivity index (χ2v) is 6.28. The third-order valence-corrected chi connectivity index (χ3v) is 4.35. The molecule has 1 aromatic rings. The van der Waals surface area contributed by atoms with E-state index in [2.05, 4.69) is 37.4 Å². The molecule has 0 aliphatic heterocycles. The van der Waals surface area contributed by atoms with Crippen LogP contribution in [0.2, 0.25) is 0 Å². The molecule has 1 aliphatic rings. The van der Waals surface area contributed by atoms with Crippen LogP contribution in [0, 0.1) is 23.2 Å². The molecule has 0 spiro atoms. The minimum atomic E-state index is 0.551. The maximum atomic E-state index is 8.52. The lowest BCUT2D eigenvalue weighted by molar-refractivity contribution is 0.280. The molecular weight excluding hydrogens is 260 g/mol. The van der Waals surface area contributed by atoms with Crippen molar-refractivity contribution in [2.24, 2.45) is 11.8 Å². The monoisotopic (exact) mass is 286 g/mol. The van der Waals surface area contributed by atoms with Gasteiger partial charge in [-0.05, 0) is 43.2 Å². The fraction of sp³-hybridized carbons (Fsp3) is 0.611. The summed E-state index contributed by atoms with van der Waals surface area (Å²) in [5.41, 5.74) is 1.14. The fourth-order valence-corrected chi connectivity index (χ4v) is 2.96. The minimum absolute atomic E-state index is 0.551. The highest BCUT2D eigenvalue weighted by atomic mass is 16.5. The van der Waals surface area contributed by atoms with Gasteiger partial charge >= 0.3 is 0 Å². The summed E-state index contributed by atoms with van der Waals surface area (Å²) in [7, 11) is 0. The Balaban J connectivity index is 1.89. The van der Waals surface area contributed by atoms with Crippen LogP contribution >= 0.6 is 0 Å². The number of hydrogen-bond donors (Lipinski definition) is 1. The van der Waals surface area contributed by atoms with Crippen LogP contribution < -0.4 is 10.1 Å². The van der Waals surface area contributed by atoms with E-state index in [0.717, 1.165) is 29.7 Å². The number of nitrogens with zero attached hydrogens (tertiary/aromatic N) is 1. The lowest BCUT2D eigenvalue weighted by Crippen LogP contribution is -2.33. The highest BCUT2D eigenvalue weighted by molar-refractivity contribution is 5.49. The van der Waals surface area contributed by atoms with Gasteiger partial charge in [0.05, 0.1) is 12.7 Å². The van der Waals surface area contributed by atoms with Gasteiger partial charge in [-0.1, -0.05) is 26.3 Å². The lowest BCUT2D eigenvalue weighted by atomic mass is 9.80. The zero-order valence-corrected chi connectivity index (χ0v) is 13.1. The molecule has 1 N–H and O–H groups in total. The molecule has 1 saturated carbocycles. The Morgan fingerprint density at radius 2 is 2.19 bits per heavy atom. The number of benzene rings is 1. The Morgan fingerprint density at radius 3 is 3.00 bits per heavy atom. The van der Waals surface area contributed by atoms with Crippen LogP contribution in [0.5, 0.6) is 5.75 Å². The summed E-state index contributed by atoms with van der Waals surface area (Å²) >= 11 is 0. The first-order valence-electron chi connectivity index (χ1n) is 8.05. The third kappa shape index (κ3) is 4.97. The summed E-state index contributed by atoms with van der Waals surface area (Å²) in [6.45, 7) is 5.29. The Hall–Kier alpha value is -1.69. The SMILES string of the molecule is CC1CCC(C)C(Nc2cccc(OCCCC#N)c2)C1. The van der Waals surface area contributed by atoms with Crippen molar-refractivity contribution in [2.75, 3.05) is 11.9 Å². The lowest BCUT2D eigenvalue weighted by Gasteiger charge is -2.34. The van der Waals surface area contributed by atoms with E-state index in [-0.39, 0.29) is 0 Å². The van der Waals surface area contributed by atoms with E-state index >= 15 is 0 Å². The van der Waals surface area contributed by atoms with Crippen molar-refractivity contribution in [1.29, 1.82) is 5.26 Å². The van der Waals surface area contributed by atoms with E-state index in [1.165, 1.54) is 19.3 Å². The van der Waals surface area contributed by atoms with Gasteiger partial charge in [-0.3, -0.25) is 0 Å². The highest BCUT2D eigenvalue weighted by Crippen LogP contribution is 2.31. The molecular formula is C18H26N2O. The summed E-state index contributed by atoms with van der Waals surface area (Å²) in [5.74, 6) is 2.42. The van der Waals surface area contributed by atoms with Crippen molar-refractivity contribution in [2.45, 2.75) is 52.0 Å². The molecule has 21 heavy (non-hydrogen) atoms. The molecule has 0 aromatic heterocycles. The summed E-state index contributed by atoms with van der Waals surface area (Å²) < 4.78 is 5.69. The molecule has 3 nitrogen and oxygen atoms in total. The van der Waals surface area contributed by atoms with E-state index in [1.807, 2.05) is 12.1 Å². The van der Waals surface area contributed by atoms with Crippen LogP contribution in [-0.4, -0.2) is 12.6 Å². The molecule has 114 valence electrons. The number of nitriles is 1. The molecule has 3 unspecified atom stereocenters. The first-order chi connectivity index (χ1) is 10.2. The summed E-state index contributed by atoms with van der Waals surface area (Å²) in [4.78, 5) is 0. The Kier molecular flexibility index (Phi) is 5.92. The average molecular weight is 286 g/mol. The van der Waals surface area contributed by atoms with E-state index in [4.69, 9.17) is 10.00 Å². The maximum absolute atomic E-state index is 8.52. The van der Waals surface area contributed by atoms with Gasteiger partial charge in [0, 0.05) is 24.2 Å². The number of unbranched alkanes of at least 4 members (excludes halogenated alkanes) is 1. The Bertz CT molecular complexity index is 480. The number of ether oxygens (including phenoxy) is 1. The molecule has 3 heteroatoms. The van der Waals surface area contributed by atoms with Crippen LogP contribution in [0.4, 0.5) is 5.69 Å². The second kappa shape index (κ2) is 7.93. The van der Waals surface area contributed by atoms with Crippen molar-refractivity contribution in [1.82, 2.24) is 0 Å². The van der Waals surface area contributed by atoms with Gasteiger partial charge < -0.3 is 10.1 Å². The first-order valence-corrected chi connectivity index (χ1v) is 8.05. The smallest absolute Gasteiger partial charge is 0.121 e. The number of hydrogen-bond acceptors (Lipinski definition) is 3. The van der Waals surface area contributed by atoms with Gasteiger partial charge in [0.1, 0.15) is 5.75 Å². The summed E-state index contributed by atoms with van der Waals surface area (Å²) in [5, 5.41) is 12.2. The number of nitrogens with one attached hydrogen (secondary N) is 1. The van der Waals surface area contributed by atoms with Crippen molar-refractivity contribution in [3.63, 3.8) is 0 Å². The van der Waals surface area contributed by atoms with Gasteiger partial charge in [0.25, 0.3) is 0 Å². The van der Waals surface area contributed by atoms with Crippen molar-refractivity contribution >= 4 is 5.69 Å². The summed E-state index contributed by atoms with van der Waals surface area (Å²) in [6, 6.07) is 10.9. The predicted molar refractivity (Wildman–Crippen MR) is 86.4 cm³/mol. The maximum Gasteiger partial charge on any atom is 0.121 e. The third-order valence-electron chi connectivity index (χ3n) is 4.35. The van der Waals surface area contributed by atoms with Gasteiger partial charge in [0.15, 0.2) is 0 Å². The van der Waals surface area contributed by atoms with Crippen molar-refractivity contribution < 1.29 is 4.74 Å². The largest absolute Gasteiger partial charge is 0.493 e. The quantitative estimate of drug-likeness (QED) is 0.777. The molecule has 1 fully saturated rings. The Morgan fingerprint density at radius 1 is 1.33 bits per heavy atom. The zero-order valence-electron chi connectivity index (χ0n) is 13.1. The second-order valence-electron chi connectivity index (χ2n) is 6.28. The molecule has 0 heterocycles. The van der Waals surface area contributed by atoms with Crippen LogP contribution in [0.3, 0.4) is 0 Å². The molecule has 1 aliphatic carbocycles. The molecule has 2 rings (SSSR count). The molecule has 0 amide bonds. The standard InChI is InChI=1S/C18H26N2O/c1-14-8-9-15(2)18(12-14)20-16-6-5-7-17(13-16)21-11-4-3-10-19/h5-7,13-15,18,20H,3-4,8-9,11-12H2,1-2H3. The van der Waals surface area contributed by atoms with Gasteiger partial charge in [-0.2, -0.15) is 5.26 Å². The number of anilines is 1. The van der Waals surface area contributed by atoms with Crippen molar-refractivity contribution in [3.8, 4) is 11.8 Å². The zero-order chi connectivity index (χ0) is 15.1. The molecule has 3 atom stereocenters. The average Bonchev–Trinajstić information content (AvgIpc) is 2.48. The van der Waals surface area contributed by atoms with Crippen LogP contribution in [0.1, 0.15) is 46.0 Å². The topological polar surface area (TPSA) is 45.0 Å². The van der Waals surface area contributed by atoms with Crippen LogP contribution in [-0.2, 0) is 0 Å². The van der Waals surface area contributed by atoms with E-state index in [1.54, 1.807) is 0 Å². The highest BCUT2D eigenvalue weighted by Gasteiger charge is 2.25. The van der Waals surface area contributed by atoms with Crippen LogP contribution in [0.25, 0.3) is 0 Å². The van der Waals surface area contributed by atoms with Crippen molar-refractivity contribution in [3.05, 3.63) is 24.3 Å². The summed E-state index contributed by atoms with van der Waals surface area (Å²) in [6.07, 6.45) is 5.24. The van der Waals surface area contributed by atoms with E-state index < -0.39 is 0 Å². The predicted octanol–water partition coefficient (Wildman–Crippen LogP) is 4.61. The first kappa shape index (κ1) is 15.7. The molecule has 0 radical (unpaired) electrons. The molecule has 0 saturated heterocycles. The minimum Gasteiger partial charge on any atom is -0.493 e. The number of rotatable bonds is 6.